The van der Waals surface area contributed by atoms with Gasteiger partial charge in [-0.25, -0.2) is 18.7 Å². The van der Waals surface area contributed by atoms with Crippen LogP contribution in [0, 0.1) is 17.6 Å². The van der Waals surface area contributed by atoms with Crippen LogP contribution in [0.5, 0.6) is 0 Å². The van der Waals surface area contributed by atoms with Crippen molar-refractivity contribution in [2.75, 3.05) is 5.32 Å². The summed E-state index contributed by atoms with van der Waals surface area (Å²) >= 11 is 0. The van der Waals surface area contributed by atoms with Gasteiger partial charge in [0.15, 0.2) is 5.82 Å². The number of nitrogens with zero attached hydrogens (tertiary/aromatic N) is 2. The lowest BCUT2D eigenvalue weighted by Crippen LogP contribution is -2.14. The van der Waals surface area contributed by atoms with E-state index in [1.807, 2.05) is 0 Å². The fourth-order valence-corrected chi connectivity index (χ4v) is 2.44. The van der Waals surface area contributed by atoms with E-state index in [0.29, 0.717) is 16.9 Å². The molecule has 2 N–H and O–H groups in total. The molecule has 0 bridgehead atoms. The molecule has 7 heteroatoms. The van der Waals surface area contributed by atoms with E-state index < -0.39 is 11.6 Å². The van der Waals surface area contributed by atoms with Gasteiger partial charge in [0.05, 0.1) is 11.1 Å². The van der Waals surface area contributed by atoms with Crippen molar-refractivity contribution in [3.8, 4) is 11.4 Å². The molecular formula is C16H12F2N4O. The molecule has 3 aromatic rings. The summed E-state index contributed by atoms with van der Waals surface area (Å²) in [5, 5.41) is 2.73. The van der Waals surface area contributed by atoms with Crippen molar-refractivity contribution in [2.24, 2.45) is 5.92 Å². The maximum atomic E-state index is 13.9. The van der Waals surface area contributed by atoms with Crippen LogP contribution in [0.1, 0.15) is 12.8 Å². The van der Waals surface area contributed by atoms with Gasteiger partial charge in [-0.2, -0.15) is 0 Å². The number of fused-ring (bicyclic) bond motifs is 1. The average molecular weight is 314 g/mol. The Morgan fingerprint density at radius 2 is 1.96 bits per heavy atom. The molecule has 116 valence electrons. The number of carbonyl (C=O) groups excluding carboxylic acids is 1. The van der Waals surface area contributed by atoms with Crippen molar-refractivity contribution in [2.45, 2.75) is 12.8 Å². The number of benzene rings is 1. The highest BCUT2D eigenvalue weighted by Gasteiger charge is 2.30. The number of carbonyl (C=O) groups is 1. The van der Waals surface area contributed by atoms with Crippen molar-refractivity contribution in [3.63, 3.8) is 0 Å². The molecule has 2 aromatic heterocycles. The van der Waals surface area contributed by atoms with Crippen LogP contribution in [0.15, 0.2) is 30.5 Å². The second-order valence-corrected chi connectivity index (χ2v) is 5.50. The summed E-state index contributed by atoms with van der Waals surface area (Å²) in [6, 6.07) is 5.24. The number of anilines is 1. The standard InChI is InChI=1S/C16H12F2N4O/c17-9-2-1-3-10(18)12(9)14-20-11-6-7-19-15(13(11)21-14)22-16(23)8-4-5-8/h1-3,6-8H,4-5H2,(H,20,21)(H,19,22,23). The van der Waals surface area contributed by atoms with E-state index in [9.17, 15) is 13.6 Å². The summed E-state index contributed by atoms with van der Waals surface area (Å²) in [5.41, 5.74) is 0.686. The molecule has 1 fully saturated rings. The van der Waals surface area contributed by atoms with E-state index in [0.717, 1.165) is 12.8 Å². The number of nitrogens with one attached hydrogen (secondary N) is 2. The van der Waals surface area contributed by atoms with Crippen LogP contribution < -0.4 is 5.32 Å². The lowest BCUT2D eigenvalue weighted by Gasteiger charge is -2.03. The zero-order chi connectivity index (χ0) is 16.0. The highest BCUT2D eigenvalue weighted by Crippen LogP contribution is 2.32. The number of hydrogen-bond acceptors (Lipinski definition) is 3. The molecule has 1 aliphatic rings. The van der Waals surface area contributed by atoms with Gasteiger partial charge in [-0.1, -0.05) is 6.07 Å². The predicted octanol–water partition coefficient (Wildman–Crippen LogP) is 3.25. The first-order valence-corrected chi connectivity index (χ1v) is 7.23. The second-order valence-electron chi connectivity index (χ2n) is 5.50. The highest BCUT2D eigenvalue weighted by atomic mass is 19.1. The van der Waals surface area contributed by atoms with Gasteiger partial charge in [0.2, 0.25) is 5.91 Å². The van der Waals surface area contributed by atoms with E-state index in [2.05, 4.69) is 20.3 Å². The molecule has 4 rings (SSSR count). The van der Waals surface area contributed by atoms with E-state index in [4.69, 9.17) is 0 Å². The Hall–Kier alpha value is -2.83. The number of rotatable bonds is 3. The van der Waals surface area contributed by atoms with Gasteiger partial charge in [0.1, 0.15) is 23.0 Å². The smallest absolute Gasteiger partial charge is 0.228 e. The molecule has 5 nitrogen and oxygen atoms in total. The molecule has 0 saturated heterocycles. The van der Waals surface area contributed by atoms with Gasteiger partial charge in [-0.05, 0) is 31.0 Å². The molecule has 0 atom stereocenters. The minimum absolute atomic E-state index is 0.0264. The summed E-state index contributed by atoms with van der Waals surface area (Å²) in [5.74, 6) is -1.11. The fourth-order valence-electron chi connectivity index (χ4n) is 2.44. The summed E-state index contributed by atoms with van der Waals surface area (Å²) in [6.45, 7) is 0. The molecule has 0 aliphatic heterocycles. The van der Waals surface area contributed by atoms with Crippen molar-refractivity contribution in [3.05, 3.63) is 42.1 Å². The number of amides is 1. The van der Waals surface area contributed by atoms with Crippen LogP contribution >= 0.6 is 0 Å². The Labute approximate surface area is 129 Å². The van der Waals surface area contributed by atoms with E-state index >= 15 is 0 Å². The van der Waals surface area contributed by atoms with Crippen molar-refractivity contribution >= 4 is 22.8 Å². The van der Waals surface area contributed by atoms with Crippen LogP contribution in [0.2, 0.25) is 0 Å². The zero-order valence-corrected chi connectivity index (χ0v) is 11.9. The molecule has 0 unspecified atom stereocenters. The van der Waals surface area contributed by atoms with E-state index in [-0.39, 0.29) is 23.2 Å². The zero-order valence-electron chi connectivity index (χ0n) is 11.9. The van der Waals surface area contributed by atoms with Crippen LogP contribution in [-0.2, 0) is 4.79 Å². The van der Waals surface area contributed by atoms with Crippen LogP contribution in [0.3, 0.4) is 0 Å². The largest absolute Gasteiger partial charge is 0.335 e. The molecule has 1 saturated carbocycles. The molecule has 1 aromatic carbocycles. The third kappa shape index (κ3) is 2.44. The normalized spacial score (nSPS) is 14.2. The number of aromatic nitrogens is 3. The van der Waals surface area contributed by atoms with E-state index in [1.165, 1.54) is 24.4 Å². The first kappa shape index (κ1) is 13.8. The Morgan fingerprint density at radius 1 is 1.22 bits per heavy atom. The molecular weight excluding hydrogens is 302 g/mol. The van der Waals surface area contributed by atoms with Gasteiger partial charge in [-0.3, -0.25) is 4.79 Å². The second kappa shape index (κ2) is 5.12. The number of H-pyrrole nitrogens is 1. The SMILES string of the molecule is O=C(Nc1nccc2nc(-c3c(F)cccc3F)[nH]c12)C1CC1. The Bertz CT molecular complexity index is 897. The van der Waals surface area contributed by atoms with Gasteiger partial charge in [0.25, 0.3) is 0 Å². The van der Waals surface area contributed by atoms with Gasteiger partial charge < -0.3 is 10.3 Å². The van der Waals surface area contributed by atoms with Crippen LogP contribution in [-0.4, -0.2) is 20.9 Å². The Balaban J connectivity index is 1.80. The molecule has 0 spiro atoms. The summed E-state index contributed by atoms with van der Waals surface area (Å²) in [7, 11) is 0. The number of aromatic amines is 1. The monoisotopic (exact) mass is 314 g/mol. The maximum Gasteiger partial charge on any atom is 0.228 e. The highest BCUT2D eigenvalue weighted by molar-refractivity contribution is 6.00. The first-order valence-electron chi connectivity index (χ1n) is 7.23. The topological polar surface area (TPSA) is 70.7 Å². The summed E-state index contributed by atoms with van der Waals surface area (Å²) < 4.78 is 27.8. The third-order valence-electron chi connectivity index (χ3n) is 3.79. The Morgan fingerprint density at radius 3 is 2.65 bits per heavy atom. The third-order valence-corrected chi connectivity index (χ3v) is 3.79. The lowest BCUT2D eigenvalue weighted by molar-refractivity contribution is -0.117. The first-order chi connectivity index (χ1) is 11.1. The van der Waals surface area contributed by atoms with Gasteiger partial charge in [-0.15, -0.1) is 0 Å². The average Bonchev–Trinajstić information content (AvgIpc) is 3.28. The number of pyridine rings is 1. The molecule has 1 amide bonds. The van der Waals surface area contributed by atoms with Crippen molar-refractivity contribution in [1.29, 1.82) is 0 Å². The van der Waals surface area contributed by atoms with Crippen LogP contribution in [0.25, 0.3) is 22.4 Å². The van der Waals surface area contributed by atoms with Crippen molar-refractivity contribution < 1.29 is 13.6 Å². The maximum absolute atomic E-state index is 13.9. The summed E-state index contributed by atoms with van der Waals surface area (Å²) in [4.78, 5) is 23.1. The minimum Gasteiger partial charge on any atom is -0.335 e. The quantitative estimate of drug-likeness (QED) is 0.779. The molecule has 1 aliphatic carbocycles. The Kier molecular flexibility index (Phi) is 3.07. The van der Waals surface area contributed by atoms with Gasteiger partial charge >= 0.3 is 0 Å². The lowest BCUT2D eigenvalue weighted by atomic mass is 10.2. The minimum atomic E-state index is -0.708. The number of hydrogen-bond donors (Lipinski definition) is 2. The number of imidazole rings is 1. The molecule has 0 radical (unpaired) electrons. The molecule has 23 heavy (non-hydrogen) atoms. The van der Waals surface area contributed by atoms with Gasteiger partial charge in [0, 0.05) is 12.1 Å². The van der Waals surface area contributed by atoms with Crippen molar-refractivity contribution in [1.82, 2.24) is 15.0 Å². The fraction of sp³-hybridized carbons (Fsp3) is 0.188. The van der Waals surface area contributed by atoms with E-state index in [1.54, 1.807) is 6.07 Å². The predicted molar refractivity (Wildman–Crippen MR) is 80.6 cm³/mol. The molecule has 2 heterocycles. The number of halogens is 2. The van der Waals surface area contributed by atoms with Crippen LogP contribution in [0.4, 0.5) is 14.6 Å². The summed E-state index contributed by atoms with van der Waals surface area (Å²) in [6.07, 6.45) is 3.24.